The molecule has 0 radical (unpaired) electrons. The summed E-state index contributed by atoms with van der Waals surface area (Å²) in [4.78, 5) is 10.5. The van der Waals surface area contributed by atoms with Gasteiger partial charge in [0.2, 0.25) is 0 Å². The second-order valence-electron chi connectivity index (χ2n) is 6.49. The Balaban J connectivity index is 1.48. The average Bonchev–Trinajstić information content (AvgIpc) is 2.70. The predicted molar refractivity (Wildman–Crippen MR) is 108 cm³/mol. The fourth-order valence-electron chi connectivity index (χ4n) is 2.75. The van der Waals surface area contributed by atoms with Gasteiger partial charge in [-0.1, -0.05) is 49.9 Å². The molecule has 0 aliphatic rings. The van der Waals surface area contributed by atoms with Gasteiger partial charge in [0, 0.05) is 6.07 Å². The van der Waals surface area contributed by atoms with E-state index in [0.717, 1.165) is 44.3 Å². The van der Waals surface area contributed by atoms with Crippen LogP contribution in [0.3, 0.4) is 0 Å². The first-order valence-electron chi connectivity index (χ1n) is 9.53. The average molecular weight is 387 g/mol. The molecule has 0 aliphatic carbocycles. The van der Waals surface area contributed by atoms with E-state index in [2.05, 4.69) is 0 Å². The highest BCUT2D eigenvalue weighted by atomic mass is 16.6. The summed E-state index contributed by atoms with van der Waals surface area (Å²) in [5.41, 5.74) is 0.447. The lowest BCUT2D eigenvalue weighted by Gasteiger charge is -2.08. The number of ether oxygens (including phenoxy) is 2. The van der Waals surface area contributed by atoms with Crippen LogP contribution < -0.4 is 14.9 Å². The zero-order valence-corrected chi connectivity index (χ0v) is 15.8. The zero-order valence-electron chi connectivity index (χ0n) is 15.8. The molecule has 0 aliphatic heterocycles. The summed E-state index contributed by atoms with van der Waals surface area (Å²) in [6.45, 7) is 1.11. The van der Waals surface area contributed by atoms with Gasteiger partial charge in [0.25, 0.3) is 0 Å². The predicted octanol–water partition coefficient (Wildman–Crippen LogP) is 3.07. The van der Waals surface area contributed by atoms with Gasteiger partial charge in [-0.25, -0.2) is 0 Å². The van der Waals surface area contributed by atoms with Crippen molar-refractivity contribution in [3.8, 4) is 11.5 Å². The maximum Gasteiger partial charge on any atom is 0.488 e. The molecule has 28 heavy (non-hydrogen) atoms. The van der Waals surface area contributed by atoms with Crippen LogP contribution in [0.5, 0.6) is 11.5 Å². The Morgan fingerprint density at radius 2 is 1.39 bits per heavy atom. The third-order valence-corrected chi connectivity index (χ3v) is 4.31. The van der Waals surface area contributed by atoms with Crippen LogP contribution in [0.15, 0.2) is 48.5 Å². The SMILES string of the molecule is O=[N+]([O-])c1ccccc1OCCCCCCCCOc1ccc(B(O)O)cc1. The molecule has 2 N–H and O–H groups in total. The lowest BCUT2D eigenvalue weighted by Crippen LogP contribution is -2.29. The molecule has 2 rings (SSSR count). The highest BCUT2D eigenvalue weighted by Crippen LogP contribution is 2.26. The van der Waals surface area contributed by atoms with Crippen LogP contribution >= 0.6 is 0 Å². The normalized spacial score (nSPS) is 10.5. The highest BCUT2D eigenvalue weighted by Gasteiger charge is 2.13. The number of hydrogen-bond acceptors (Lipinski definition) is 6. The van der Waals surface area contributed by atoms with E-state index < -0.39 is 12.0 Å². The molecule has 0 aromatic heterocycles. The summed E-state index contributed by atoms with van der Waals surface area (Å²) >= 11 is 0. The number of nitro groups is 1. The van der Waals surface area contributed by atoms with Crippen molar-refractivity contribution >= 4 is 18.3 Å². The minimum atomic E-state index is -1.46. The minimum absolute atomic E-state index is 0.00433. The fourth-order valence-corrected chi connectivity index (χ4v) is 2.75. The van der Waals surface area contributed by atoms with Crippen molar-refractivity contribution < 1.29 is 24.4 Å². The number of benzene rings is 2. The Bertz CT molecular complexity index is 723. The van der Waals surface area contributed by atoms with E-state index in [-0.39, 0.29) is 5.69 Å². The molecule has 0 atom stereocenters. The molecule has 0 bridgehead atoms. The third kappa shape index (κ3) is 7.58. The fraction of sp³-hybridized carbons (Fsp3) is 0.400. The van der Waals surface area contributed by atoms with Crippen molar-refractivity contribution in [3.05, 3.63) is 58.6 Å². The van der Waals surface area contributed by atoms with Crippen molar-refractivity contribution in [2.24, 2.45) is 0 Å². The summed E-state index contributed by atoms with van der Waals surface area (Å²) in [6.07, 6.45) is 6.10. The first-order valence-corrected chi connectivity index (χ1v) is 9.53. The Morgan fingerprint density at radius 1 is 0.821 bits per heavy atom. The minimum Gasteiger partial charge on any atom is -0.494 e. The molecule has 2 aromatic rings. The van der Waals surface area contributed by atoms with Gasteiger partial charge in [0.1, 0.15) is 5.75 Å². The molecule has 0 saturated heterocycles. The maximum absolute atomic E-state index is 10.9. The second-order valence-corrected chi connectivity index (χ2v) is 6.49. The van der Waals surface area contributed by atoms with Crippen LogP contribution in [-0.2, 0) is 0 Å². The quantitative estimate of drug-likeness (QED) is 0.237. The third-order valence-electron chi connectivity index (χ3n) is 4.31. The van der Waals surface area contributed by atoms with Gasteiger partial charge in [-0.05, 0) is 36.5 Å². The number of hydrogen-bond donors (Lipinski definition) is 2. The molecule has 2 aromatic carbocycles. The van der Waals surface area contributed by atoms with Crippen LogP contribution in [0.4, 0.5) is 5.69 Å². The van der Waals surface area contributed by atoms with Crippen molar-refractivity contribution in [2.45, 2.75) is 38.5 Å². The van der Waals surface area contributed by atoms with E-state index in [4.69, 9.17) is 19.5 Å². The Hall–Kier alpha value is -2.58. The van der Waals surface area contributed by atoms with Gasteiger partial charge in [-0.2, -0.15) is 0 Å². The van der Waals surface area contributed by atoms with Gasteiger partial charge in [0.05, 0.1) is 18.1 Å². The summed E-state index contributed by atoms with van der Waals surface area (Å²) in [5.74, 6) is 1.04. The van der Waals surface area contributed by atoms with Gasteiger partial charge in [-0.15, -0.1) is 0 Å². The van der Waals surface area contributed by atoms with Gasteiger partial charge in [0.15, 0.2) is 5.75 Å². The van der Waals surface area contributed by atoms with Gasteiger partial charge < -0.3 is 19.5 Å². The molecule has 0 spiro atoms. The van der Waals surface area contributed by atoms with Crippen LogP contribution in [-0.4, -0.2) is 35.3 Å². The van der Waals surface area contributed by atoms with E-state index in [0.29, 0.717) is 24.4 Å². The zero-order chi connectivity index (χ0) is 20.2. The molecule has 0 fully saturated rings. The number of para-hydroxylation sites is 2. The van der Waals surface area contributed by atoms with Crippen LogP contribution in [0.25, 0.3) is 0 Å². The van der Waals surface area contributed by atoms with E-state index in [1.165, 1.54) is 6.07 Å². The number of rotatable bonds is 13. The molecule has 150 valence electrons. The summed E-state index contributed by atoms with van der Waals surface area (Å²) < 4.78 is 11.1. The first-order chi connectivity index (χ1) is 13.6. The van der Waals surface area contributed by atoms with E-state index in [1.54, 1.807) is 42.5 Å². The van der Waals surface area contributed by atoms with Crippen molar-refractivity contribution in [3.63, 3.8) is 0 Å². The summed E-state index contributed by atoms with van der Waals surface area (Å²) in [7, 11) is -1.46. The Morgan fingerprint density at radius 3 is 2.00 bits per heavy atom. The van der Waals surface area contributed by atoms with Crippen molar-refractivity contribution in [1.29, 1.82) is 0 Å². The van der Waals surface area contributed by atoms with Gasteiger partial charge in [-0.3, -0.25) is 10.1 Å². The molecule has 7 nitrogen and oxygen atoms in total. The summed E-state index contributed by atoms with van der Waals surface area (Å²) in [5, 5.41) is 29.0. The molecule has 8 heteroatoms. The maximum atomic E-state index is 10.9. The lowest BCUT2D eigenvalue weighted by atomic mass is 9.80. The van der Waals surface area contributed by atoms with Gasteiger partial charge >= 0.3 is 12.8 Å². The highest BCUT2D eigenvalue weighted by molar-refractivity contribution is 6.58. The second kappa shape index (κ2) is 12.0. The topological polar surface area (TPSA) is 102 Å². The Kier molecular flexibility index (Phi) is 9.31. The number of unbranched alkanes of at least 4 members (excludes halogenated alkanes) is 5. The largest absolute Gasteiger partial charge is 0.494 e. The van der Waals surface area contributed by atoms with Crippen LogP contribution in [0, 0.1) is 10.1 Å². The van der Waals surface area contributed by atoms with Crippen LogP contribution in [0.1, 0.15) is 38.5 Å². The molecule has 0 amide bonds. The van der Waals surface area contributed by atoms with E-state index in [1.807, 2.05) is 0 Å². The van der Waals surface area contributed by atoms with Crippen molar-refractivity contribution in [1.82, 2.24) is 0 Å². The molecule has 0 heterocycles. The lowest BCUT2D eigenvalue weighted by molar-refractivity contribution is -0.385. The van der Waals surface area contributed by atoms with E-state index >= 15 is 0 Å². The molecule has 0 saturated carbocycles. The molecule has 0 unspecified atom stereocenters. The number of nitro benzene ring substituents is 1. The Labute approximate surface area is 165 Å². The van der Waals surface area contributed by atoms with E-state index in [9.17, 15) is 10.1 Å². The number of nitrogens with zero attached hydrogens (tertiary/aromatic N) is 1. The smallest absolute Gasteiger partial charge is 0.488 e. The molecular weight excluding hydrogens is 361 g/mol. The van der Waals surface area contributed by atoms with Crippen molar-refractivity contribution in [2.75, 3.05) is 13.2 Å². The van der Waals surface area contributed by atoms with Crippen LogP contribution in [0.2, 0.25) is 0 Å². The standard InChI is InChI=1S/C20H26BNO6/c23-21(24)17-11-13-18(14-12-17)27-15-7-3-1-2-4-8-16-28-20-10-6-5-9-19(20)22(25)26/h5-6,9-14,23-24H,1-4,7-8,15-16H2. The molecular formula is C20H26BNO6. The summed E-state index contributed by atoms with van der Waals surface area (Å²) in [6, 6.07) is 13.1. The first kappa shape index (κ1) is 21.7. The monoisotopic (exact) mass is 387 g/mol.